The van der Waals surface area contributed by atoms with E-state index in [2.05, 4.69) is 29.2 Å². The second-order valence-corrected chi connectivity index (χ2v) is 5.51. The van der Waals surface area contributed by atoms with Crippen LogP contribution in [0.3, 0.4) is 0 Å². The summed E-state index contributed by atoms with van der Waals surface area (Å²) in [5.74, 6) is 0.608. The monoisotopic (exact) mass is 305 g/mol. The maximum Gasteiger partial charge on any atom is 0.227 e. The molecule has 2 nitrogen and oxygen atoms in total. The van der Waals surface area contributed by atoms with Gasteiger partial charge in [-0.25, -0.2) is 4.98 Å². The summed E-state index contributed by atoms with van der Waals surface area (Å²) in [6.07, 6.45) is 0. The van der Waals surface area contributed by atoms with Crippen molar-refractivity contribution in [3.8, 4) is 22.6 Å². The van der Waals surface area contributed by atoms with Gasteiger partial charge in [0.25, 0.3) is 0 Å². The van der Waals surface area contributed by atoms with Crippen molar-refractivity contribution in [2.45, 2.75) is 0 Å². The predicted molar refractivity (Wildman–Crippen MR) is 89.9 cm³/mol. The van der Waals surface area contributed by atoms with E-state index < -0.39 is 0 Å². The smallest absolute Gasteiger partial charge is 0.227 e. The van der Waals surface area contributed by atoms with Crippen molar-refractivity contribution in [1.82, 2.24) is 4.98 Å². The third-order valence-electron chi connectivity index (χ3n) is 3.59. The molecule has 1 heterocycles. The third-order valence-corrected chi connectivity index (χ3v) is 3.82. The van der Waals surface area contributed by atoms with Crippen molar-refractivity contribution in [1.29, 1.82) is 0 Å². The van der Waals surface area contributed by atoms with Crippen LogP contribution in [0, 0.1) is 0 Å². The van der Waals surface area contributed by atoms with Crippen molar-refractivity contribution in [3.63, 3.8) is 0 Å². The van der Waals surface area contributed by atoms with Gasteiger partial charge in [0.15, 0.2) is 5.58 Å². The van der Waals surface area contributed by atoms with Crippen LogP contribution in [0.5, 0.6) is 0 Å². The highest BCUT2D eigenvalue weighted by molar-refractivity contribution is 6.31. The first kappa shape index (κ1) is 13.1. The highest BCUT2D eigenvalue weighted by Crippen LogP contribution is 2.28. The summed E-state index contributed by atoms with van der Waals surface area (Å²) in [6.45, 7) is 0. The number of hydrogen-bond donors (Lipinski definition) is 0. The minimum Gasteiger partial charge on any atom is -0.436 e. The molecule has 0 amide bonds. The fourth-order valence-corrected chi connectivity index (χ4v) is 2.62. The molecule has 0 atom stereocenters. The van der Waals surface area contributed by atoms with Crippen LogP contribution in [0.15, 0.2) is 77.2 Å². The molecule has 0 fully saturated rings. The van der Waals surface area contributed by atoms with Gasteiger partial charge >= 0.3 is 0 Å². The molecule has 0 radical (unpaired) electrons. The Morgan fingerprint density at radius 1 is 0.727 bits per heavy atom. The molecule has 4 rings (SSSR count). The van der Waals surface area contributed by atoms with Gasteiger partial charge in [-0.15, -0.1) is 0 Å². The summed E-state index contributed by atoms with van der Waals surface area (Å²) in [5.41, 5.74) is 4.83. The largest absolute Gasteiger partial charge is 0.436 e. The van der Waals surface area contributed by atoms with Crippen molar-refractivity contribution >= 4 is 22.7 Å². The van der Waals surface area contributed by atoms with Crippen molar-refractivity contribution in [2.75, 3.05) is 0 Å². The second kappa shape index (κ2) is 5.32. The number of halogens is 1. The lowest BCUT2D eigenvalue weighted by atomic mass is 10.0. The van der Waals surface area contributed by atoms with Gasteiger partial charge in [0.05, 0.1) is 0 Å². The Hall–Kier alpha value is -2.58. The fourth-order valence-electron chi connectivity index (χ4n) is 2.46. The molecule has 0 unspecified atom stereocenters. The Morgan fingerprint density at radius 3 is 2.18 bits per heavy atom. The standard InChI is InChI=1S/C19H12ClNO/c20-16-10-11-17-18(12-16)22-19(21-17)15-8-6-14(7-9-15)13-4-2-1-3-5-13/h1-12H. The van der Waals surface area contributed by atoms with Gasteiger partial charge in [-0.2, -0.15) is 0 Å². The Kier molecular flexibility index (Phi) is 3.17. The first-order valence-electron chi connectivity index (χ1n) is 7.01. The van der Waals surface area contributed by atoms with Gasteiger partial charge in [-0.05, 0) is 35.4 Å². The molecule has 106 valence electrons. The van der Waals surface area contributed by atoms with Gasteiger partial charge < -0.3 is 4.42 Å². The third kappa shape index (κ3) is 2.38. The molecule has 0 saturated carbocycles. The number of oxazole rings is 1. The van der Waals surface area contributed by atoms with E-state index >= 15 is 0 Å². The minimum atomic E-state index is 0.608. The predicted octanol–water partition coefficient (Wildman–Crippen LogP) is 5.82. The lowest BCUT2D eigenvalue weighted by Gasteiger charge is -2.02. The van der Waals surface area contributed by atoms with E-state index in [1.165, 1.54) is 11.1 Å². The Labute approximate surface area is 133 Å². The summed E-state index contributed by atoms with van der Waals surface area (Å²) in [7, 11) is 0. The van der Waals surface area contributed by atoms with Crippen LogP contribution in [0.25, 0.3) is 33.7 Å². The average molecular weight is 306 g/mol. The minimum absolute atomic E-state index is 0.608. The zero-order valence-corrected chi connectivity index (χ0v) is 12.4. The van der Waals surface area contributed by atoms with E-state index in [0.29, 0.717) is 16.5 Å². The van der Waals surface area contributed by atoms with Crippen LogP contribution in [-0.4, -0.2) is 4.98 Å². The van der Waals surface area contributed by atoms with Crippen molar-refractivity contribution in [2.24, 2.45) is 0 Å². The molecule has 0 spiro atoms. The van der Waals surface area contributed by atoms with Gasteiger partial charge in [-0.3, -0.25) is 0 Å². The number of hydrogen-bond acceptors (Lipinski definition) is 2. The average Bonchev–Trinajstić information content (AvgIpc) is 2.99. The second-order valence-electron chi connectivity index (χ2n) is 5.07. The van der Waals surface area contributed by atoms with E-state index in [1.807, 2.05) is 42.5 Å². The van der Waals surface area contributed by atoms with E-state index in [1.54, 1.807) is 6.07 Å². The molecule has 22 heavy (non-hydrogen) atoms. The lowest BCUT2D eigenvalue weighted by Crippen LogP contribution is -1.79. The summed E-state index contributed by atoms with van der Waals surface area (Å²) in [4.78, 5) is 4.50. The fraction of sp³-hybridized carbons (Fsp3) is 0. The van der Waals surface area contributed by atoms with E-state index in [9.17, 15) is 0 Å². The number of fused-ring (bicyclic) bond motifs is 1. The molecule has 4 aromatic rings. The quantitative estimate of drug-likeness (QED) is 0.466. The lowest BCUT2D eigenvalue weighted by molar-refractivity contribution is 0.620. The maximum absolute atomic E-state index is 5.97. The van der Waals surface area contributed by atoms with Crippen LogP contribution < -0.4 is 0 Å². The Morgan fingerprint density at radius 2 is 1.41 bits per heavy atom. The van der Waals surface area contributed by atoms with Crippen LogP contribution in [0.4, 0.5) is 0 Å². The number of nitrogens with zero attached hydrogens (tertiary/aromatic N) is 1. The molecule has 0 aliphatic rings. The SMILES string of the molecule is Clc1ccc2nc(-c3ccc(-c4ccccc4)cc3)oc2c1. The van der Waals surface area contributed by atoms with E-state index in [0.717, 1.165) is 11.1 Å². The number of aromatic nitrogens is 1. The molecule has 3 heteroatoms. The highest BCUT2D eigenvalue weighted by Gasteiger charge is 2.08. The van der Waals surface area contributed by atoms with E-state index in [-0.39, 0.29) is 0 Å². The van der Waals surface area contributed by atoms with Crippen molar-refractivity contribution in [3.05, 3.63) is 77.8 Å². The maximum atomic E-state index is 5.97. The first-order chi connectivity index (χ1) is 10.8. The number of rotatable bonds is 2. The topological polar surface area (TPSA) is 26.0 Å². The van der Waals surface area contributed by atoms with Crippen molar-refractivity contribution < 1.29 is 4.42 Å². The summed E-state index contributed by atoms with van der Waals surface area (Å²) < 4.78 is 5.78. The highest BCUT2D eigenvalue weighted by atomic mass is 35.5. The molecule has 0 aliphatic heterocycles. The molecular weight excluding hydrogens is 294 g/mol. The molecule has 1 aromatic heterocycles. The molecule has 0 aliphatic carbocycles. The van der Waals surface area contributed by atoms with Crippen LogP contribution in [0.1, 0.15) is 0 Å². The summed E-state index contributed by atoms with van der Waals surface area (Å²) in [6, 6.07) is 23.9. The van der Waals surface area contributed by atoms with Crippen LogP contribution >= 0.6 is 11.6 Å². The summed E-state index contributed by atoms with van der Waals surface area (Å²) >= 11 is 5.97. The molecule has 0 N–H and O–H groups in total. The zero-order chi connectivity index (χ0) is 14.9. The molecular formula is C19H12ClNO. The van der Waals surface area contributed by atoms with Gasteiger partial charge in [0.2, 0.25) is 5.89 Å². The Balaban J connectivity index is 1.73. The van der Waals surface area contributed by atoms with Crippen LogP contribution in [-0.2, 0) is 0 Å². The molecule has 3 aromatic carbocycles. The molecule has 0 saturated heterocycles. The first-order valence-corrected chi connectivity index (χ1v) is 7.39. The van der Waals surface area contributed by atoms with Gasteiger partial charge in [0, 0.05) is 16.7 Å². The molecule has 0 bridgehead atoms. The Bertz CT molecular complexity index is 927. The zero-order valence-electron chi connectivity index (χ0n) is 11.7. The van der Waals surface area contributed by atoms with Crippen LogP contribution in [0.2, 0.25) is 5.02 Å². The number of benzene rings is 3. The normalized spacial score (nSPS) is 11.0. The van der Waals surface area contributed by atoms with E-state index in [4.69, 9.17) is 16.0 Å². The van der Waals surface area contributed by atoms with Gasteiger partial charge in [-0.1, -0.05) is 54.1 Å². The summed E-state index contributed by atoms with van der Waals surface area (Å²) in [5, 5.41) is 0.648. The van der Waals surface area contributed by atoms with Gasteiger partial charge in [0.1, 0.15) is 5.52 Å².